The zero-order valence-electron chi connectivity index (χ0n) is 7.75. The van der Waals surface area contributed by atoms with Crippen LogP contribution in [0.5, 0.6) is 0 Å². The Hall–Kier alpha value is -0.830. The zero-order chi connectivity index (χ0) is 8.97. The Labute approximate surface area is 73.0 Å². The molecule has 0 aliphatic carbocycles. The van der Waals surface area contributed by atoms with Crippen molar-refractivity contribution in [3.05, 3.63) is 17.5 Å². The van der Waals surface area contributed by atoms with Crippen LogP contribution in [-0.2, 0) is 13.5 Å². The van der Waals surface area contributed by atoms with E-state index in [1.54, 1.807) is 0 Å². The summed E-state index contributed by atoms with van der Waals surface area (Å²) in [6, 6.07) is 2.09. The van der Waals surface area contributed by atoms with Gasteiger partial charge in [0.05, 0.1) is 5.69 Å². The molecule has 0 saturated carbocycles. The molecule has 3 heteroatoms. The maximum absolute atomic E-state index is 8.60. The lowest BCUT2D eigenvalue weighted by Crippen LogP contribution is -1.98. The average molecular weight is 168 g/mol. The first-order valence-corrected chi connectivity index (χ1v) is 4.34. The van der Waals surface area contributed by atoms with E-state index in [9.17, 15) is 0 Å². The highest BCUT2D eigenvalue weighted by Gasteiger charge is 2.00. The number of aryl methyl sites for hydroxylation is 3. The number of hydrogen-bond acceptors (Lipinski definition) is 2. The smallest absolute Gasteiger partial charge is 0.0596 e. The fourth-order valence-electron chi connectivity index (χ4n) is 1.32. The molecule has 3 nitrogen and oxygen atoms in total. The summed E-state index contributed by atoms with van der Waals surface area (Å²) < 4.78 is 1.91. The molecule has 0 spiro atoms. The van der Waals surface area contributed by atoms with Crippen molar-refractivity contribution < 1.29 is 5.11 Å². The van der Waals surface area contributed by atoms with Crippen LogP contribution in [-0.4, -0.2) is 21.5 Å². The maximum Gasteiger partial charge on any atom is 0.0596 e. The SMILES string of the molecule is Cc1cc(CCCCO)n(C)n1. The van der Waals surface area contributed by atoms with E-state index in [1.807, 2.05) is 18.7 Å². The highest BCUT2D eigenvalue weighted by molar-refractivity contribution is 5.08. The number of aromatic nitrogens is 2. The van der Waals surface area contributed by atoms with Crippen molar-refractivity contribution >= 4 is 0 Å². The van der Waals surface area contributed by atoms with Crippen LogP contribution in [0.1, 0.15) is 24.2 Å². The van der Waals surface area contributed by atoms with Crippen molar-refractivity contribution in [1.82, 2.24) is 9.78 Å². The van der Waals surface area contributed by atoms with Crippen LogP contribution in [0.25, 0.3) is 0 Å². The van der Waals surface area contributed by atoms with Gasteiger partial charge < -0.3 is 5.11 Å². The van der Waals surface area contributed by atoms with Crippen LogP contribution in [0.2, 0.25) is 0 Å². The van der Waals surface area contributed by atoms with E-state index in [4.69, 9.17) is 5.11 Å². The molecule has 0 amide bonds. The number of unbranched alkanes of at least 4 members (excludes halogenated alkanes) is 1. The summed E-state index contributed by atoms with van der Waals surface area (Å²) in [4.78, 5) is 0. The third-order valence-electron chi connectivity index (χ3n) is 1.94. The fourth-order valence-corrected chi connectivity index (χ4v) is 1.32. The normalized spacial score (nSPS) is 10.6. The molecule has 0 radical (unpaired) electrons. The molecule has 0 aliphatic heterocycles. The minimum atomic E-state index is 0.289. The van der Waals surface area contributed by atoms with Crippen molar-refractivity contribution in [3.8, 4) is 0 Å². The van der Waals surface area contributed by atoms with Crippen LogP contribution in [0.15, 0.2) is 6.07 Å². The Kier molecular flexibility index (Phi) is 3.29. The molecule has 0 unspecified atom stereocenters. The Morgan fingerprint density at radius 2 is 2.25 bits per heavy atom. The number of aliphatic hydroxyl groups is 1. The van der Waals surface area contributed by atoms with E-state index in [2.05, 4.69) is 11.2 Å². The van der Waals surface area contributed by atoms with E-state index in [1.165, 1.54) is 5.69 Å². The van der Waals surface area contributed by atoms with Crippen molar-refractivity contribution in [2.45, 2.75) is 26.2 Å². The van der Waals surface area contributed by atoms with Gasteiger partial charge in [-0.25, -0.2) is 0 Å². The Morgan fingerprint density at radius 1 is 1.50 bits per heavy atom. The first-order chi connectivity index (χ1) is 5.74. The number of hydrogen-bond donors (Lipinski definition) is 1. The van der Waals surface area contributed by atoms with Gasteiger partial charge in [-0.05, 0) is 32.3 Å². The minimum absolute atomic E-state index is 0.289. The number of aliphatic hydroxyl groups excluding tert-OH is 1. The molecule has 1 N–H and O–H groups in total. The second-order valence-corrected chi connectivity index (χ2v) is 3.08. The van der Waals surface area contributed by atoms with E-state index in [0.29, 0.717) is 0 Å². The Bertz CT molecular complexity index is 243. The van der Waals surface area contributed by atoms with E-state index in [0.717, 1.165) is 25.0 Å². The molecule has 68 valence electrons. The van der Waals surface area contributed by atoms with Gasteiger partial charge in [0, 0.05) is 19.3 Å². The molecule has 1 aromatic heterocycles. The molecule has 0 aliphatic rings. The van der Waals surface area contributed by atoms with Gasteiger partial charge in [0.25, 0.3) is 0 Å². The number of rotatable bonds is 4. The first-order valence-electron chi connectivity index (χ1n) is 4.34. The van der Waals surface area contributed by atoms with Crippen LogP contribution in [0.3, 0.4) is 0 Å². The number of nitrogens with zero attached hydrogens (tertiary/aromatic N) is 2. The molecule has 0 atom stereocenters. The summed E-state index contributed by atoms with van der Waals surface area (Å²) in [6.07, 6.45) is 2.93. The monoisotopic (exact) mass is 168 g/mol. The summed E-state index contributed by atoms with van der Waals surface area (Å²) in [6.45, 7) is 2.28. The molecule has 1 heterocycles. The van der Waals surface area contributed by atoms with Crippen molar-refractivity contribution in [2.75, 3.05) is 6.61 Å². The third kappa shape index (κ3) is 2.34. The first kappa shape index (κ1) is 9.26. The minimum Gasteiger partial charge on any atom is -0.396 e. The fraction of sp³-hybridized carbons (Fsp3) is 0.667. The summed E-state index contributed by atoms with van der Waals surface area (Å²) in [5.74, 6) is 0. The second kappa shape index (κ2) is 4.26. The lowest BCUT2D eigenvalue weighted by molar-refractivity contribution is 0.284. The van der Waals surface area contributed by atoms with Crippen molar-refractivity contribution in [3.63, 3.8) is 0 Å². The third-order valence-corrected chi connectivity index (χ3v) is 1.94. The molecule has 0 bridgehead atoms. The molecule has 0 fully saturated rings. The van der Waals surface area contributed by atoms with E-state index >= 15 is 0 Å². The molecule has 12 heavy (non-hydrogen) atoms. The van der Waals surface area contributed by atoms with E-state index < -0.39 is 0 Å². The summed E-state index contributed by atoms with van der Waals surface area (Å²) in [5, 5.41) is 12.8. The van der Waals surface area contributed by atoms with Crippen LogP contribution in [0.4, 0.5) is 0 Å². The maximum atomic E-state index is 8.60. The summed E-state index contributed by atoms with van der Waals surface area (Å²) >= 11 is 0. The van der Waals surface area contributed by atoms with E-state index in [-0.39, 0.29) is 6.61 Å². The van der Waals surface area contributed by atoms with Gasteiger partial charge in [-0.15, -0.1) is 0 Å². The Morgan fingerprint density at radius 3 is 2.75 bits per heavy atom. The van der Waals surface area contributed by atoms with Gasteiger partial charge in [0.1, 0.15) is 0 Å². The largest absolute Gasteiger partial charge is 0.396 e. The summed E-state index contributed by atoms with van der Waals surface area (Å²) in [5.41, 5.74) is 2.32. The lowest BCUT2D eigenvalue weighted by atomic mass is 10.2. The van der Waals surface area contributed by atoms with Crippen molar-refractivity contribution in [2.24, 2.45) is 7.05 Å². The van der Waals surface area contributed by atoms with Gasteiger partial charge in [-0.1, -0.05) is 0 Å². The topological polar surface area (TPSA) is 38.0 Å². The van der Waals surface area contributed by atoms with Gasteiger partial charge >= 0.3 is 0 Å². The van der Waals surface area contributed by atoms with Crippen LogP contribution in [0, 0.1) is 6.92 Å². The zero-order valence-corrected chi connectivity index (χ0v) is 7.75. The molecule has 1 rings (SSSR count). The van der Waals surface area contributed by atoms with Crippen LogP contribution >= 0.6 is 0 Å². The summed E-state index contributed by atoms with van der Waals surface area (Å²) in [7, 11) is 1.96. The Balaban J connectivity index is 2.45. The van der Waals surface area contributed by atoms with Crippen LogP contribution < -0.4 is 0 Å². The predicted molar refractivity (Wildman–Crippen MR) is 48.0 cm³/mol. The highest BCUT2D eigenvalue weighted by Crippen LogP contribution is 2.05. The molecular formula is C9H16N2O. The average Bonchev–Trinajstić information content (AvgIpc) is 2.31. The van der Waals surface area contributed by atoms with Gasteiger partial charge in [0.15, 0.2) is 0 Å². The predicted octanol–water partition coefficient (Wildman–Crippen LogP) is 1.04. The lowest BCUT2D eigenvalue weighted by Gasteiger charge is -1.99. The van der Waals surface area contributed by atoms with Gasteiger partial charge in [-0.3, -0.25) is 4.68 Å². The highest BCUT2D eigenvalue weighted by atomic mass is 16.2. The van der Waals surface area contributed by atoms with Gasteiger partial charge in [-0.2, -0.15) is 5.10 Å². The molecule has 1 aromatic rings. The molecule has 0 aromatic carbocycles. The molecular weight excluding hydrogens is 152 g/mol. The quantitative estimate of drug-likeness (QED) is 0.682. The standard InChI is InChI=1S/C9H16N2O/c1-8-7-9(11(2)10-8)5-3-4-6-12/h7,12H,3-6H2,1-2H3. The van der Waals surface area contributed by atoms with Gasteiger partial charge in [0.2, 0.25) is 0 Å². The second-order valence-electron chi connectivity index (χ2n) is 3.08. The van der Waals surface area contributed by atoms with Crippen molar-refractivity contribution in [1.29, 1.82) is 0 Å². The molecule has 0 saturated heterocycles.